The van der Waals surface area contributed by atoms with Gasteiger partial charge in [0, 0.05) is 53.1 Å². The molecule has 0 bridgehead atoms. The van der Waals surface area contributed by atoms with Gasteiger partial charge in [-0.1, -0.05) is 97.1 Å². The monoisotopic (exact) mass is 718 g/mol. The minimum absolute atomic E-state index is 0.566. The van der Waals surface area contributed by atoms with Gasteiger partial charge in [-0.25, -0.2) is 0 Å². The second kappa shape index (κ2) is 33.5. The Hall–Kier alpha value is -2.41. The van der Waals surface area contributed by atoms with Gasteiger partial charge >= 0.3 is 0 Å². The van der Waals surface area contributed by atoms with E-state index in [1.165, 1.54) is 19.6 Å². The molecule has 0 spiro atoms. The molecule has 0 saturated heterocycles. The summed E-state index contributed by atoms with van der Waals surface area (Å²) in [7, 11) is 0. The number of hydrogen-bond donors (Lipinski definition) is 0. The predicted molar refractivity (Wildman–Crippen MR) is 227 cm³/mol. The number of hydrogen-bond acceptors (Lipinski definition) is 5. The van der Waals surface area contributed by atoms with Gasteiger partial charge in [0.05, 0.1) is 0 Å². The highest BCUT2D eigenvalue weighted by atomic mass is 32.2. The van der Waals surface area contributed by atoms with Crippen molar-refractivity contribution in [2.45, 2.75) is 57.8 Å². The fraction of sp³-hybridized carbons (Fsp3) is 0.238. The second-order valence-corrected chi connectivity index (χ2v) is 15.5. The fourth-order valence-electron chi connectivity index (χ4n) is 3.36. The first-order valence-corrected chi connectivity index (χ1v) is 20.5. The van der Waals surface area contributed by atoms with Crippen LogP contribution in [0.25, 0.3) is 0 Å². The summed E-state index contributed by atoms with van der Waals surface area (Å²) in [5.74, 6) is 4.54. The average Bonchev–Trinajstić information content (AvgIpc) is 3.09. The molecule has 2 unspecified atom stereocenters. The lowest BCUT2D eigenvalue weighted by Crippen LogP contribution is -2.15. The first-order valence-electron chi connectivity index (χ1n) is 15.7. The van der Waals surface area contributed by atoms with Crippen LogP contribution in [-0.4, -0.2) is 33.5 Å². The standard InChI is InChI=1S/C30H30S5.4C3H6/c1-5-13-25(14-6-1)32-23-29(34-27-17-9-3-10-18-27)21-31-22-30(35-28-19-11-4-12-20-28)24-33-26-15-7-2-8-16-26;4*1-3-2/h1-20,29-30H,21-24H2;4*3H,1H2,2H3. The summed E-state index contributed by atoms with van der Waals surface area (Å²) in [6.45, 7) is 21.0. The SMILES string of the molecule is C=CC.C=CC.C=CC.C=CC.c1ccc(SCC(CSCC(CSc2ccccc2)Sc2ccccc2)Sc2ccccc2)cc1. The van der Waals surface area contributed by atoms with E-state index in [0.717, 1.165) is 23.0 Å². The van der Waals surface area contributed by atoms with Gasteiger partial charge in [0.1, 0.15) is 0 Å². The van der Waals surface area contributed by atoms with E-state index in [0.29, 0.717) is 10.5 Å². The molecule has 0 aliphatic rings. The minimum atomic E-state index is 0.566. The van der Waals surface area contributed by atoms with Gasteiger partial charge < -0.3 is 0 Å². The second-order valence-electron chi connectivity index (χ2n) is 9.52. The molecule has 47 heavy (non-hydrogen) atoms. The first-order chi connectivity index (χ1) is 23.0. The molecule has 252 valence electrons. The van der Waals surface area contributed by atoms with Crippen LogP contribution in [0.1, 0.15) is 27.7 Å². The van der Waals surface area contributed by atoms with Gasteiger partial charge in [-0.15, -0.1) is 73.4 Å². The smallest absolute Gasteiger partial charge is 0.0279 e. The van der Waals surface area contributed by atoms with E-state index in [9.17, 15) is 0 Å². The van der Waals surface area contributed by atoms with Gasteiger partial charge in [-0.05, 0) is 76.2 Å². The van der Waals surface area contributed by atoms with Crippen LogP contribution >= 0.6 is 58.8 Å². The molecule has 0 aliphatic heterocycles. The molecule has 0 N–H and O–H groups in total. The van der Waals surface area contributed by atoms with Crippen molar-refractivity contribution in [3.8, 4) is 0 Å². The molecule has 4 aromatic carbocycles. The molecule has 2 atom stereocenters. The zero-order valence-corrected chi connectivity index (χ0v) is 32.8. The van der Waals surface area contributed by atoms with Crippen LogP contribution in [0.15, 0.2) is 192 Å². The summed E-state index contributed by atoms with van der Waals surface area (Å²) in [6, 6.07) is 43.3. The number of thioether (sulfide) groups is 5. The zero-order valence-electron chi connectivity index (χ0n) is 28.7. The zero-order chi connectivity index (χ0) is 34.8. The van der Waals surface area contributed by atoms with Crippen LogP contribution in [-0.2, 0) is 0 Å². The fourth-order valence-corrected chi connectivity index (χ4v) is 9.72. The maximum absolute atomic E-state index is 3.36. The number of allylic oxidation sites excluding steroid dienone is 4. The normalized spacial score (nSPS) is 10.6. The maximum Gasteiger partial charge on any atom is 0.0279 e. The Balaban J connectivity index is 0.00000154. The molecule has 0 amide bonds. The molecule has 0 heterocycles. The molecule has 0 aromatic heterocycles. The summed E-state index contributed by atoms with van der Waals surface area (Å²) in [5.41, 5.74) is 0. The van der Waals surface area contributed by atoms with Crippen LogP contribution in [0.4, 0.5) is 0 Å². The Bertz CT molecular complexity index is 1150. The van der Waals surface area contributed by atoms with Gasteiger partial charge in [-0.2, -0.15) is 11.8 Å². The highest BCUT2D eigenvalue weighted by Gasteiger charge is 2.16. The molecular weight excluding hydrogens is 665 g/mol. The van der Waals surface area contributed by atoms with Crippen molar-refractivity contribution in [3.63, 3.8) is 0 Å². The summed E-state index contributed by atoms with van der Waals surface area (Å²) in [5, 5.41) is 1.13. The van der Waals surface area contributed by atoms with Gasteiger partial charge in [0.25, 0.3) is 0 Å². The Labute approximate surface area is 309 Å². The lowest BCUT2D eigenvalue weighted by molar-refractivity contribution is 1.11. The van der Waals surface area contributed by atoms with Gasteiger partial charge in [0.2, 0.25) is 0 Å². The Morgan fingerprint density at radius 2 is 0.638 bits per heavy atom. The topological polar surface area (TPSA) is 0 Å². The quantitative estimate of drug-likeness (QED) is 0.0937. The molecular formula is C42H54S5. The Morgan fingerprint density at radius 1 is 0.404 bits per heavy atom. The van der Waals surface area contributed by atoms with Crippen LogP contribution < -0.4 is 0 Å². The average molecular weight is 719 g/mol. The van der Waals surface area contributed by atoms with Crippen molar-refractivity contribution in [2.75, 3.05) is 23.0 Å². The highest BCUT2D eigenvalue weighted by Crippen LogP contribution is 2.34. The summed E-state index contributed by atoms with van der Waals surface area (Å²) >= 11 is 10.1. The van der Waals surface area contributed by atoms with Crippen LogP contribution in [0.2, 0.25) is 0 Å². The van der Waals surface area contributed by atoms with Crippen molar-refractivity contribution >= 4 is 58.8 Å². The lowest BCUT2D eigenvalue weighted by atomic mass is 10.4. The Morgan fingerprint density at radius 3 is 0.894 bits per heavy atom. The van der Waals surface area contributed by atoms with E-state index in [1.807, 2.05) is 74.7 Å². The third-order valence-electron chi connectivity index (χ3n) is 5.06. The maximum atomic E-state index is 3.36. The molecule has 4 aromatic rings. The van der Waals surface area contributed by atoms with E-state index < -0.39 is 0 Å². The molecule has 4 rings (SSSR count). The Kier molecular flexibility index (Phi) is 31.8. The first kappa shape index (κ1) is 44.6. The van der Waals surface area contributed by atoms with Crippen LogP contribution in [0.3, 0.4) is 0 Å². The lowest BCUT2D eigenvalue weighted by Gasteiger charge is -2.20. The summed E-state index contributed by atoms with van der Waals surface area (Å²) < 4.78 is 0. The van der Waals surface area contributed by atoms with E-state index in [1.54, 1.807) is 24.3 Å². The van der Waals surface area contributed by atoms with E-state index in [4.69, 9.17) is 0 Å². The third-order valence-corrected chi connectivity index (χ3v) is 11.9. The minimum Gasteiger partial charge on any atom is -0.160 e. The van der Waals surface area contributed by atoms with Crippen molar-refractivity contribution < 1.29 is 0 Å². The molecule has 0 fully saturated rings. The van der Waals surface area contributed by atoms with E-state index in [2.05, 4.69) is 159 Å². The largest absolute Gasteiger partial charge is 0.160 e. The van der Waals surface area contributed by atoms with E-state index in [-0.39, 0.29) is 0 Å². The third kappa shape index (κ3) is 26.3. The predicted octanol–water partition coefficient (Wildman–Crippen LogP) is 14.4. The van der Waals surface area contributed by atoms with Gasteiger partial charge in [0.15, 0.2) is 0 Å². The van der Waals surface area contributed by atoms with Crippen molar-refractivity contribution in [3.05, 3.63) is 172 Å². The summed E-state index contributed by atoms with van der Waals surface area (Å²) in [6.07, 6.45) is 7.00. The molecule has 0 radical (unpaired) electrons. The highest BCUT2D eigenvalue weighted by molar-refractivity contribution is 8.07. The number of benzene rings is 4. The van der Waals surface area contributed by atoms with Crippen molar-refractivity contribution in [1.82, 2.24) is 0 Å². The summed E-state index contributed by atoms with van der Waals surface area (Å²) in [4.78, 5) is 5.43. The van der Waals surface area contributed by atoms with Crippen molar-refractivity contribution in [1.29, 1.82) is 0 Å². The van der Waals surface area contributed by atoms with Crippen LogP contribution in [0, 0.1) is 0 Å². The molecule has 0 aliphatic carbocycles. The van der Waals surface area contributed by atoms with Gasteiger partial charge in [-0.3, -0.25) is 0 Å². The van der Waals surface area contributed by atoms with Crippen molar-refractivity contribution in [2.24, 2.45) is 0 Å². The molecule has 0 saturated carbocycles. The molecule has 5 heteroatoms. The van der Waals surface area contributed by atoms with E-state index >= 15 is 0 Å². The van der Waals surface area contributed by atoms with Crippen LogP contribution in [0.5, 0.6) is 0 Å². The number of rotatable bonds is 14. The molecule has 0 nitrogen and oxygen atoms in total.